The zero-order valence-electron chi connectivity index (χ0n) is 11.8. The van der Waals surface area contributed by atoms with Gasteiger partial charge in [-0.2, -0.15) is 0 Å². The fourth-order valence-corrected chi connectivity index (χ4v) is 2.90. The number of nitrogens with zero attached hydrogens (tertiary/aromatic N) is 1. The molecule has 1 aromatic carbocycles. The first kappa shape index (κ1) is 13.7. The third-order valence-electron chi connectivity index (χ3n) is 4.09. The Bertz CT molecular complexity index is 703. The number of hydrogen-bond acceptors (Lipinski definition) is 3. The van der Waals surface area contributed by atoms with Crippen LogP contribution in [0.5, 0.6) is 0 Å². The molecule has 0 spiro atoms. The molecule has 1 fully saturated rings. The van der Waals surface area contributed by atoms with Crippen molar-refractivity contribution in [2.24, 2.45) is 5.92 Å². The van der Waals surface area contributed by atoms with Gasteiger partial charge < -0.3 is 14.4 Å². The lowest BCUT2D eigenvalue weighted by molar-refractivity contribution is -0.128. The zero-order chi connectivity index (χ0) is 15.0. The Morgan fingerprint density at radius 1 is 1.43 bits per heavy atom. The van der Waals surface area contributed by atoms with Crippen LogP contribution in [-0.4, -0.2) is 28.4 Å². The summed E-state index contributed by atoms with van der Waals surface area (Å²) in [6.07, 6.45) is 1.49. The maximum Gasteiger partial charge on any atom is 0.339 e. The number of aromatic carboxylic acids is 1. The van der Waals surface area contributed by atoms with Crippen LogP contribution in [0.3, 0.4) is 0 Å². The number of carboxylic acids is 1. The maximum atomic E-state index is 12.0. The lowest BCUT2D eigenvalue weighted by Crippen LogP contribution is -2.25. The van der Waals surface area contributed by atoms with Gasteiger partial charge in [-0.25, -0.2) is 4.79 Å². The van der Waals surface area contributed by atoms with Gasteiger partial charge in [0.2, 0.25) is 5.91 Å². The second-order valence-corrected chi connectivity index (χ2v) is 5.45. The molecule has 0 saturated carbocycles. The number of benzene rings is 1. The van der Waals surface area contributed by atoms with Crippen LogP contribution in [0.2, 0.25) is 0 Å². The van der Waals surface area contributed by atoms with E-state index in [9.17, 15) is 14.7 Å². The second kappa shape index (κ2) is 5.24. The van der Waals surface area contributed by atoms with Crippen LogP contribution < -0.4 is 0 Å². The second-order valence-electron chi connectivity index (χ2n) is 5.45. The Morgan fingerprint density at radius 3 is 2.86 bits per heavy atom. The van der Waals surface area contributed by atoms with Crippen molar-refractivity contribution in [2.75, 3.05) is 6.54 Å². The Labute approximate surface area is 122 Å². The fraction of sp³-hybridized carbons (Fsp3) is 0.375. The molecule has 21 heavy (non-hydrogen) atoms. The summed E-state index contributed by atoms with van der Waals surface area (Å²) in [6.45, 7) is 2.96. The fourth-order valence-electron chi connectivity index (χ4n) is 2.90. The standard InChI is InChI=1S/C16H17NO4/c1-2-10-7-14(18)17(8-10)9-13-15(16(19)20)11-5-3-4-6-12(11)21-13/h3-6,10H,2,7-9H2,1H3,(H,19,20). The molecule has 1 unspecified atom stereocenters. The molecule has 1 amide bonds. The average Bonchev–Trinajstić information content (AvgIpc) is 2.99. The summed E-state index contributed by atoms with van der Waals surface area (Å²) in [6, 6.07) is 7.05. The third kappa shape index (κ3) is 2.39. The predicted molar refractivity (Wildman–Crippen MR) is 77.0 cm³/mol. The number of amides is 1. The molecule has 1 atom stereocenters. The van der Waals surface area contributed by atoms with Gasteiger partial charge in [-0.15, -0.1) is 0 Å². The summed E-state index contributed by atoms with van der Waals surface area (Å²) in [5.41, 5.74) is 0.710. The van der Waals surface area contributed by atoms with Gasteiger partial charge in [0, 0.05) is 18.4 Å². The molecule has 1 aromatic heterocycles. The molecule has 1 N–H and O–H groups in total. The molecule has 1 saturated heterocycles. The van der Waals surface area contributed by atoms with Crippen LogP contribution in [0.15, 0.2) is 28.7 Å². The molecule has 1 aliphatic heterocycles. The van der Waals surface area contributed by atoms with Gasteiger partial charge in [-0.3, -0.25) is 4.79 Å². The normalized spacial score (nSPS) is 18.6. The predicted octanol–water partition coefficient (Wildman–Crippen LogP) is 2.89. The monoisotopic (exact) mass is 287 g/mol. The van der Waals surface area contributed by atoms with E-state index >= 15 is 0 Å². The minimum Gasteiger partial charge on any atom is -0.478 e. The van der Waals surface area contributed by atoms with Gasteiger partial charge in [-0.05, 0) is 12.0 Å². The van der Waals surface area contributed by atoms with Gasteiger partial charge in [0.15, 0.2) is 0 Å². The van der Waals surface area contributed by atoms with E-state index in [1.807, 2.05) is 0 Å². The molecule has 2 aromatic rings. The average molecular weight is 287 g/mol. The molecular formula is C16H17NO4. The topological polar surface area (TPSA) is 70.8 Å². The van der Waals surface area contributed by atoms with Crippen LogP contribution in [0.4, 0.5) is 0 Å². The van der Waals surface area contributed by atoms with Gasteiger partial charge >= 0.3 is 5.97 Å². The maximum absolute atomic E-state index is 12.0. The number of furan rings is 1. The highest BCUT2D eigenvalue weighted by Gasteiger charge is 2.31. The first-order chi connectivity index (χ1) is 10.1. The van der Waals surface area contributed by atoms with E-state index in [0.717, 1.165) is 6.42 Å². The lowest BCUT2D eigenvalue weighted by Gasteiger charge is -2.15. The number of carbonyl (C=O) groups is 2. The van der Waals surface area contributed by atoms with Gasteiger partial charge in [-0.1, -0.05) is 31.5 Å². The van der Waals surface area contributed by atoms with Crippen molar-refractivity contribution in [1.29, 1.82) is 0 Å². The minimum atomic E-state index is -1.02. The number of hydrogen-bond donors (Lipinski definition) is 1. The van der Waals surface area contributed by atoms with Crippen LogP contribution in [0.25, 0.3) is 11.0 Å². The van der Waals surface area contributed by atoms with E-state index in [4.69, 9.17) is 4.42 Å². The Morgan fingerprint density at radius 2 is 2.19 bits per heavy atom. The Hall–Kier alpha value is -2.30. The molecule has 2 heterocycles. The highest BCUT2D eigenvalue weighted by Crippen LogP contribution is 2.29. The van der Waals surface area contributed by atoms with Crippen LogP contribution in [-0.2, 0) is 11.3 Å². The third-order valence-corrected chi connectivity index (χ3v) is 4.09. The quantitative estimate of drug-likeness (QED) is 0.938. The summed E-state index contributed by atoms with van der Waals surface area (Å²) in [7, 11) is 0. The number of rotatable bonds is 4. The first-order valence-corrected chi connectivity index (χ1v) is 7.11. The van der Waals surface area contributed by atoms with Crippen LogP contribution in [0, 0.1) is 5.92 Å². The smallest absolute Gasteiger partial charge is 0.339 e. The molecule has 0 radical (unpaired) electrons. The van der Waals surface area contributed by atoms with E-state index in [2.05, 4.69) is 6.92 Å². The number of carboxylic acid groups (broad SMARTS) is 1. The number of fused-ring (bicyclic) bond motifs is 1. The Kier molecular flexibility index (Phi) is 3.41. The summed E-state index contributed by atoms with van der Waals surface area (Å²) in [5, 5.41) is 10.0. The lowest BCUT2D eigenvalue weighted by atomic mass is 10.1. The summed E-state index contributed by atoms with van der Waals surface area (Å²) in [5.74, 6) is -0.240. The van der Waals surface area contributed by atoms with Crippen molar-refractivity contribution in [2.45, 2.75) is 26.3 Å². The molecule has 110 valence electrons. The minimum absolute atomic E-state index is 0.0682. The molecule has 0 aliphatic carbocycles. The summed E-state index contributed by atoms with van der Waals surface area (Å²) >= 11 is 0. The highest BCUT2D eigenvalue weighted by molar-refractivity contribution is 6.03. The van der Waals surface area contributed by atoms with Crippen LogP contribution in [0.1, 0.15) is 35.9 Å². The molecule has 3 rings (SSSR count). The van der Waals surface area contributed by atoms with E-state index in [0.29, 0.717) is 35.6 Å². The van der Waals surface area contributed by atoms with E-state index in [1.54, 1.807) is 29.2 Å². The Balaban J connectivity index is 1.95. The number of carbonyl (C=O) groups excluding carboxylic acids is 1. The number of likely N-dealkylation sites (tertiary alicyclic amines) is 1. The van der Waals surface area contributed by atoms with E-state index < -0.39 is 5.97 Å². The van der Waals surface area contributed by atoms with Crippen LogP contribution >= 0.6 is 0 Å². The van der Waals surface area contributed by atoms with Crippen molar-refractivity contribution in [3.8, 4) is 0 Å². The van der Waals surface area contributed by atoms with Crippen molar-refractivity contribution >= 4 is 22.8 Å². The van der Waals surface area contributed by atoms with E-state index in [1.165, 1.54) is 0 Å². The van der Waals surface area contributed by atoms with Crippen molar-refractivity contribution < 1.29 is 19.1 Å². The number of para-hydroxylation sites is 1. The molecule has 1 aliphatic rings. The van der Waals surface area contributed by atoms with Gasteiger partial charge in [0.25, 0.3) is 0 Å². The summed E-state index contributed by atoms with van der Waals surface area (Å²) in [4.78, 5) is 25.2. The largest absolute Gasteiger partial charge is 0.478 e. The van der Waals surface area contributed by atoms with Gasteiger partial charge in [0.05, 0.1) is 6.54 Å². The molecular weight excluding hydrogens is 270 g/mol. The van der Waals surface area contributed by atoms with Crippen molar-refractivity contribution in [3.63, 3.8) is 0 Å². The van der Waals surface area contributed by atoms with E-state index in [-0.39, 0.29) is 18.0 Å². The molecule has 0 bridgehead atoms. The molecule has 5 nitrogen and oxygen atoms in total. The van der Waals surface area contributed by atoms with Gasteiger partial charge in [0.1, 0.15) is 16.9 Å². The molecule has 5 heteroatoms. The highest BCUT2D eigenvalue weighted by atomic mass is 16.4. The van der Waals surface area contributed by atoms with Crippen molar-refractivity contribution in [1.82, 2.24) is 4.90 Å². The van der Waals surface area contributed by atoms with Crippen molar-refractivity contribution in [3.05, 3.63) is 35.6 Å². The summed E-state index contributed by atoms with van der Waals surface area (Å²) < 4.78 is 5.66. The SMILES string of the molecule is CCC1CC(=O)N(Cc2oc3ccccc3c2C(=O)O)C1. The first-order valence-electron chi connectivity index (χ1n) is 7.11. The zero-order valence-corrected chi connectivity index (χ0v) is 11.8.